The van der Waals surface area contributed by atoms with E-state index in [0.29, 0.717) is 16.6 Å². The number of nitrogens with zero attached hydrogens (tertiary/aromatic N) is 2. The van der Waals surface area contributed by atoms with Crippen molar-refractivity contribution in [3.63, 3.8) is 0 Å². The molecular formula is C14H7ClF3N3O. The topological polar surface area (TPSA) is 58.6 Å². The molecular weight excluding hydrogens is 319 g/mol. The summed E-state index contributed by atoms with van der Waals surface area (Å²) in [6.45, 7) is 0. The molecule has 0 spiro atoms. The molecule has 0 atom stereocenters. The third kappa shape index (κ3) is 2.67. The van der Waals surface area contributed by atoms with Gasteiger partial charge >= 0.3 is 6.18 Å². The maximum Gasteiger partial charge on any atom is 0.417 e. The van der Waals surface area contributed by atoms with Crippen LogP contribution in [0.4, 0.5) is 13.2 Å². The van der Waals surface area contributed by atoms with Crippen molar-refractivity contribution in [3.8, 4) is 11.3 Å². The van der Waals surface area contributed by atoms with Crippen molar-refractivity contribution in [1.29, 1.82) is 0 Å². The highest BCUT2D eigenvalue weighted by Gasteiger charge is 2.31. The molecule has 1 aromatic carbocycles. The van der Waals surface area contributed by atoms with E-state index in [1.807, 2.05) is 0 Å². The van der Waals surface area contributed by atoms with Crippen LogP contribution in [-0.2, 0) is 6.18 Å². The maximum absolute atomic E-state index is 12.6. The van der Waals surface area contributed by atoms with E-state index in [1.165, 1.54) is 0 Å². The van der Waals surface area contributed by atoms with Crippen molar-refractivity contribution in [1.82, 2.24) is 15.0 Å². The van der Waals surface area contributed by atoms with Gasteiger partial charge in [-0.2, -0.15) is 13.2 Å². The number of rotatable bonds is 1. The monoisotopic (exact) mass is 325 g/mol. The van der Waals surface area contributed by atoms with Gasteiger partial charge in [-0.1, -0.05) is 17.7 Å². The first-order valence-electron chi connectivity index (χ1n) is 6.07. The van der Waals surface area contributed by atoms with Gasteiger partial charge in [0.25, 0.3) is 5.56 Å². The van der Waals surface area contributed by atoms with Crippen LogP contribution < -0.4 is 5.56 Å². The number of halogens is 4. The van der Waals surface area contributed by atoms with Gasteiger partial charge in [-0.05, 0) is 18.2 Å². The minimum absolute atomic E-state index is 0.125. The normalized spacial score (nSPS) is 11.8. The van der Waals surface area contributed by atoms with Gasteiger partial charge in [0, 0.05) is 11.8 Å². The van der Waals surface area contributed by atoms with Crippen molar-refractivity contribution in [3.05, 3.63) is 57.6 Å². The number of hydrogen-bond acceptors (Lipinski definition) is 3. The lowest BCUT2D eigenvalue weighted by Crippen LogP contribution is -2.06. The van der Waals surface area contributed by atoms with Crippen LogP contribution in [-0.4, -0.2) is 15.0 Å². The van der Waals surface area contributed by atoms with Crippen LogP contribution in [0, 0.1) is 0 Å². The molecule has 0 bridgehead atoms. The van der Waals surface area contributed by atoms with Crippen LogP contribution in [0.25, 0.3) is 22.3 Å². The second kappa shape index (κ2) is 5.10. The molecule has 3 aromatic rings. The molecule has 0 amide bonds. The molecule has 22 heavy (non-hydrogen) atoms. The Labute approximate surface area is 126 Å². The van der Waals surface area contributed by atoms with Crippen LogP contribution in [0.2, 0.25) is 5.02 Å². The quantitative estimate of drug-likeness (QED) is 0.743. The SMILES string of the molecule is O=c1cnc2ccc(-c3ncc(C(F)(F)F)cc3Cl)cc2[nH]1. The molecule has 0 saturated heterocycles. The Bertz CT molecular complexity index is 921. The lowest BCUT2D eigenvalue weighted by molar-refractivity contribution is -0.137. The summed E-state index contributed by atoms with van der Waals surface area (Å²) >= 11 is 5.90. The Morgan fingerprint density at radius 2 is 1.86 bits per heavy atom. The summed E-state index contributed by atoms with van der Waals surface area (Å²) in [4.78, 5) is 21.6. The number of benzene rings is 1. The number of aromatic nitrogens is 3. The number of aromatic amines is 1. The second-order valence-electron chi connectivity index (χ2n) is 4.53. The molecule has 2 aromatic heterocycles. The Balaban J connectivity index is 2.13. The molecule has 2 heterocycles. The molecule has 4 nitrogen and oxygen atoms in total. The summed E-state index contributed by atoms with van der Waals surface area (Å²) in [6.07, 6.45) is -2.64. The van der Waals surface area contributed by atoms with Gasteiger partial charge in [0.15, 0.2) is 0 Å². The van der Waals surface area contributed by atoms with Gasteiger partial charge in [0.2, 0.25) is 0 Å². The number of H-pyrrole nitrogens is 1. The van der Waals surface area contributed by atoms with Gasteiger partial charge in [-0.3, -0.25) is 9.78 Å². The summed E-state index contributed by atoms with van der Waals surface area (Å²) in [5.41, 5.74) is 0.374. The Kier molecular flexibility index (Phi) is 3.37. The number of alkyl halides is 3. The number of pyridine rings is 1. The predicted molar refractivity (Wildman–Crippen MR) is 75.6 cm³/mol. The summed E-state index contributed by atoms with van der Waals surface area (Å²) in [7, 11) is 0. The highest BCUT2D eigenvalue weighted by Crippen LogP contribution is 2.34. The fourth-order valence-electron chi connectivity index (χ4n) is 1.99. The molecule has 0 aliphatic rings. The smallest absolute Gasteiger partial charge is 0.319 e. The largest absolute Gasteiger partial charge is 0.417 e. The lowest BCUT2D eigenvalue weighted by Gasteiger charge is -2.09. The number of nitrogens with one attached hydrogen (secondary N) is 1. The van der Waals surface area contributed by atoms with E-state index in [-0.39, 0.29) is 16.3 Å². The minimum Gasteiger partial charge on any atom is -0.319 e. The fraction of sp³-hybridized carbons (Fsp3) is 0.0714. The van der Waals surface area contributed by atoms with Crippen LogP contribution in [0.15, 0.2) is 41.5 Å². The minimum atomic E-state index is -4.51. The highest BCUT2D eigenvalue weighted by molar-refractivity contribution is 6.33. The first kappa shape index (κ1) is 14.5. The number of fused-ring (bicyclic) bond motifs is 1. The van der Waals surface area contributed by atoms with Crippen molar-refractivity contribution < 1.29 is 13.2 Å². The zero-order valence-electron chi connectivity index (χ0n) is 10.8. The van der Waals surface area contributed by atoms with E-state index in [2.05, 4.69) is 15.0 Å². The van der Waals surface area contributed by atoms with Crippen LogP contribution >= 0.6 is 11.6 Å². The fourth-order valence-corrected chi connectivity index (χ4v) is 2.27. The van der Waals surface area contributed by atoms with E-state index < -0.39 is 11.7 Å². The molecule has 0 fully saturated rings. The van der Waals surface area contributed by atoms with Gasteiger partial charge < -0.3 is 4.98 Å². The van der Waals surface area contributed by atoms with Crippen molar-refractivity contribution >= 4 is 22.6 Å². The molecule has 3 rings (SSSR count). The summed E-state index contributed by atoms with van der Waals surface area (Å²) in [5.74, 6) is 0. The standard InChI is InChI=1S/C14H7ClF3N3O/c15-9-4-8(14(16,17)18)5-20-13(9)7-1-2-10-11(3-7)21-12(22)6-19-10/h1-6H,(H,21,22). The summed E-state index contributed by atoms with van der Waals surface area (Å²) < 4.78 is 37.8. The average molecular weight is 326 g/mol. The first-order valence-corrected chi connectivity index (χ1v) is 6.44. The second-order valence-corrected chi connectivity index (χ2v) is 4.94. The summed E-state index contributed by atoms with van der Waals surface area (Å²) in [5, 5.41) is -0.125. The van der Waals surface area contributed by atoms with Crippen LogP contribution in [0.3, 0.4) is 0 Å². The Morgan fingerprint density at radius 1 is 1.09 bits per heavy atom. The van der Waals surface area contributed by atoms with E-state index in [1.54, 1.807) is 18.2 Å². The maximum atomic E-state index is 12.6. The van der Waals surface area contributed by atoms with E-state index in [0.717, 1.165) is 18.5 Å². The first-order chi connectivity index (χ1) is 10.3. The van der Waals surface area contributed by atoms with Gasteiger partial charge in [0.05, 0.1) is 33.5 Å². The van der Waals surface area contributed by atoms with Crippen LogP contribution in [0.5, 0.6) is 0 Å². The molecule has 1 N–H and O–H groups in total. The molecule has 0 saturated carbocycles. The molecule has 8 heteroatoms. The molecule has 0 unspecified atom stereocenters. The van der Waals surface area contributed by atoms with E-state index in [4.69, 9.17) is 11.6 Å². The molecule has 112 valence electrons. The van der Waals surface area contributed by atoms with E-state index >= 15 is 0 Å². The molecule has 0 aliphatic heterocycles. The van der Waals surface area contributed by atoms with Crippen molar-refractivity contribution in [2.24, 2.45) is 0 Å². The highest BCUT2D eigenvalue weighted by atomic mass is 35.5. The van der Waals surface area contributed by atoms with Gasteiger partial charge in [-0.25, -0.2) is 4.98 Å². The third-order valence-electron chi connectivity index (χ3n) is 3.02. The van der Waals surface area contributed by atoms with Gasteiger partial charge in [-0.15, -0.1) is 0 Å². The van der Waals surface area contributed by atoms with E-state index in [9.17, 15) is 18.0 Å². The van der Waals surface area contributed by atoms with Crippen LogP contribution in [0.1, 0.15) is 5.56 Å². The van der Waals surface area contributed by atoms with Crippen molar-refractivity contribution in [2.45, 2.75) is 6.18 Å². The summed E-state index contributed by atoms with van der Waals surface area (Å²) in [6, 6.07) is 5.62. The zero-order chi connectivity index (χ0) is 15.9. The van der Waals surface area contributed by atoms with Gasteiger partial charge in [0.1, 0.15) is 0 Å². The molecule has 0 aliphatic carbocycles. The Morgan fingerprint density at radius 3 is 2.55 bits per heavy atom. The van der Waals surface area contributed by atoms with Crippen molar-refractivity contribution in [2.75, 3.05) is 0 Å². The third-order valence-corrected chi connectivity index (χ3v) is 3.31. The predicted octanol–water partition coefficient (Wildman–Crippen LogP) is 3.66. The zero-order valence-corrected chi connectivity index (χ0v) is 11.5. The Hall–Kier alpha value is -2.41. The average Bonchev–Trinajstić information content (AvgIpc) is 2.45. The molecule has 0 radical (unpaired) electrons. The number of hydrogen-bond donors (Lipinski definition) is 1. The lowest BCUT2D eigenvalue weighted by atomic mass is 10.1.